The summed E-state index contributed by atoms with van der Waals surface area (Å²) < 4.78 is 20.6. The molecule has 0 amide bonds. The standard InChI is InChI=1S/C27H37FO6/c1-5-6-7-23(32)34-14-22(31)27(33)15(2)10-18-17-12-20(28)19-11-16(29)8-9-25(19,3)24(17)21(30)13-26(18,27)4/h8-9,11,15,17-18,20-21,24,30,33H,5-7,10,12-14H2,1-4H3/t15-,17+,18+,20+,21+,24-,25+,26+,27+/m1/s1. The Morgan fingerprint density at radius 3 is 2.65 bits per heavy atom. The summed E-state index contributed by atoms with van der Waals surface area (Å²) in [5.41, 5.74) is -3.14. The number of carbonyl (C=O) groups is 3. The molecule has 0 bridgehead atoms. The number of carbonyl (C=O) groups excluding carboxylic acids is 3. The van der Waals surface area contributed by atoms with Crippen molar-refractivity contribution in [3.8, 4) is 0 Å². The maximum Gasteiger partial charge on any atom is 0.306 e. The van der Waals surface area contributed by atoms with Crippen molar-refractivity contribution < 1.29 is 33.7 Å². The summed E-state index contributed by atoms with van der Waals surface area (Å²) in [5.74, 6) is -2.46. The lowest BCUT2D eigenvalue weighted by molar-refractivity contribution is -0.188. The first-order valence-electron chi connectivity index (χ1n) is 12.6. The number of Topliss-reactive ketones (excluding diaryl/α,β-unsaturated/α-hetero) is 1. The van der Waals surface area contributed by atoms with Crippen molar-refractivity contribution in [1.82, 2.24) is 0 Å². The van der Waals surface area contributed by atoms with Crippen LogP contribution in [0.5, 0.6) is 0 Å². The highest BCUT2D eigenvalue weighted by molar-refractivity contribution is 6.01. The van der Waals surface area contributed by atoms with E-state index in [2.05, 4.69) is 0 Å². The quantitative estimate of drug-likeness (QED) is 0.569. The van der Waals surface area contributed by atoms with Gasteiger partial charge in [-0.3, -0.25) is 14.4 Å². The maximum atomic E-state index is 15.5. The molecule has 188 valence electrons. The van der Waals surface area contributed by atoms with Crippen molar-refractivity contribution in [3.05, 3.63) is 23.8 Å². The van der Waals surface area contributed by atoms with Gasteiger partial charge < -0.3 is 14.9 Å². The molecule has 34 heavy (non-hydrogen) atoms. The second kappa shape index (κ2) is 8.66. The fourth-order valence-electron chi connectivity index (χ4n) is 7.91. The van der Waals surface area contributed by atoms with Crippen molar-refractivity contribution in [2.24, 2.45) is 34.5 Å². The van der Waals surface area contributed by atoms with Crippen LogP contribution in [0.2, 0.25) is 0 Å². The fraction of sp³-hybridized carbons (Fsp3) is 0.741. The van der Waals surface area contributed by atoms with E-state index in [4.69, 9.17) is 4.74 Å². The summed E-state index contributed by atoms with van der Waals surface area (Å²) in [6, 6.07) is 0. The molecular weight excluding hydrogens is 439 g/mol. The Kier molecular flexibility index (Phi) is 6.43. The molecule has 2 N–H and O–H groups in total. The van der Waals surface area contributed by atoms with Gasteiger partial charge in [-0.15, -0.1) is 0 Å². The number of allylic oxidation sites excluding steroid dienone is 4. The number of halogens is 1. The minimum absolute atomic E-state index is 0.146. The molecule has 0 saturated heterocycles. The average molecular weight is 477 g/mol. The molecule has 3 fully saturated rings. The third kappa shape index (κ3) is 3.53. The van der Waals surface area contributed by atoms with E-state index in [1.54, 1.807) is 6.08 Å². The third-order valence-electron chi connectivity index (χ3n) is 9.58. The Hall–Kier alpha value is -1.86. The monoisotopic (exact) mass is 476 g/mol. The van der Waals surface area contributed by atoms with Crippen LogP contribution < -0.4 is 0 Å². The van der Waals surface area contributed by atoms with Crippen LogP contribution in [0.15, 0.2) is 23.8 Å². The molecule has 4 aliphatic carbocycles. The van der Waals surface area contributed by atoms with Crippen molar-refractivity contribution in [2.75, 3.05) is 6.61 Å². The minimum atomic E-state index is -1.78. The van der Waals surface area contributed by atoms with E-state index in [0.717, 1.165) is 6.42 Å². The molecule has 0 aromatic heterocycles. The zero-order valence-corrected chi connectivity index (χ0v) is 20.6. The molecule has 3 saturated carbocycles. The molecule has 4 aliphatic rings. The Labute approximate surface area is 200 Å². The minimum Gasteiger partial charge on any atom is -0.458 e. The number of aliphatic hydroxyl groups is 2. The van der Waals surface area contributed by atoms with Gasteiger partial charge in [0.1, 0.15) is 11.8 Å². The molecule has 9 atom stereocenters. The highest BCUT2D eigenvalue weighted by atomic mass is 19.1. The van der Waals surface area contributed by atoms with Gasteiger partial charge in [0, 0.05) is 23.2 Å². The van der Waals surface area contributed by atoms with Crippen LogP contribution in [0.25, 0.3) is 0 Å². The van der Waals surface area contributed by atoms with Crippen LogP contribution in [0.4, 0.5) is 4.39 Å². The van der Waals surface area contributed by atoms with Crippen molar-refractivity contribution in [3.63, 3.8) is 0 Å². The smallest absolute Gasteiger partial charge is 0.306 e. The van der Waals surface area contributed by atoms with Gasteiger partial charge in [0.2, 0.25) is 5.78 Å². The first-order valence-corrected chi connectivity index (χ1v) is 12.6. The second-order valence-electron chi connectivity index (χ2n) is 11.4. The van der Waals surface area contributed by atoms with Crippen LogP contribution in [-0.2, 0) is 19.1 Å². The number of ether oxygens (including phenoxy) is 1. The predicted octanol–water partition coefficient (Wildman–Crippen LogP) is 3.49. The van der Waals surface area contributed by atoms with Gasteiger partial charge in [-0.2, -0.15) is 0 Å². The average Bonchev–Trinajstić information content (AvgIpc) is 2.98. The number of esters is 1. The van der Waals surface area contributed by atoms with Gasteiger partial charge in [0.15, 0.2) is 12.4 Å². The highest BCUT2D eigenvalue weighted by Gasteiger charge is 2.71. The van der Waals surface area contributed by atoms with Crippen LogP contribution in [0, 0.1) is 34.5 Å². The molecule has 6 nitrogen and oxygen atoms in total. The summed E-state index contributed by atoms with van der Waals surface area (Å²) in [6.07, 6.45) is 4.89. The Bertz CT molecular complexity index is 941. The molecule has 0 heterocycles. The lowest BCUT2D eigenvalue weighted by atomic mass is 9.46. The first kappa shape index (κ1) is 25.2. The van der Waals surface area contributed by atoms with E-state index >= 15 is 4.39 Å². The first-order chi connectivity index (χ1) is 15.9. The van der Waals surface area contributed by atoms with Gasteiger partial charge in [-0.25, -0.2) is 4.39 Å². The van der Waals surface area contributed by atoms with Gasteiger partial charge in [0.05, 0.1) is 6.10 Å². The topological polar surface area (TPSA) is 101 Å². The number of alkyl halides is 1. The number of hydrogen-bond donors (Lipinski definition) is 2. The van der Waals surface area contributed by atoms with E-state index in [9.17, 15) is 24.6 Å². The molecule has 0 spiro atoms. The normalized spacial score (nSPS) is 45.1. The SMILES string of the molecule is CCCCC(=O)OCC(=O)[C@@]1(O)[C@H](C)C[C@H]2[C@@H]3C[C@H](F)C4=CC(=O)C=C[C@]4(C)[C@H]3[C@@H](O)C[C@@]21C. The van der Waals surface area contributed by atoms with Crippen molar-refractivity contribution in [1.29, 1.82) is 0 Å². The summed E-state index contributed by atoms with van der Waals surface area (Å²) >= 11 is 0. The predicted molar refractivity (Wildman–Crippen MR) is 123 cm³/mol. The molecule has 0 aromatic carbocycles. The number of hydrogen-bond acceptors (Lipinski definition) is 6. The molecule has 0 radical (unpaired) electrons. The summed E-state index contributed by atoms with van der Waals surface area (Å²) in [4.78, 5) is 37.3. The van der Waals surface area contributed by atoms with E-state index in [1.807, 2.05) is 27.7 Å². The van der Waals surface area contributed by atoms with Crippen LogP contribution >= 0.6 is 0 Å². The lowest BCUT2D eigenvalue weighted by Gasteiger charge is -2.60. The number of aliphatic hydroxyl groups excluding tert-OH is 1. The summed E-state index contributed by atoms with van der Waals surface area (Å²) in [5, 5.41) is 23.3. The van der Waals surface area contributed by atoms with Crippen molar-refractivity contribution in [2.45, 2.75) is 84.1 Å². The van der Waals surface area contributed by atoms with Gasteiger partial charge in [-0.1, -0.05) is 40.2 Å². The van der Waals surface area contributed by atoms with Gasteiger partial charge in [0.25, 0.3) is 0 Å². The molecule has 0 unspecified atom stereocenters. The van der Waals surface area contributed by atoms with E-state index < -0.39 is 53.0 Å². The fourth-order valence-corrected chi connectivity index (χ4v) is 7.91. The summed E-state index contributed by atoms with van der Waals surface area (Å²) in [7, 11) is 0. The molecule has 0 aliphatic heterocycles. The largest absolute Gasteiger partial charge is 0.458 e. The Balaban J connectivity index is 1.63. The number of ketones is 2. The van der Waals surface area contributed by atoms with Crippen LogP contribution in [0.3, 0.4) is 0 Å². The number of unbranched alkanes of at least 4 members (excludes halogenated alkanes) is 1. The third-order valence-corrected chi connectivity index (χ3v) is 9.58. The molecule has 0 aromatic rings. The number of fused-ring (bicyclic) bond motifs is 5. The zero-order valence-electron chi connectivity index (χ0n) is 20.6. The second-order valence-corrected chi connectivity index (χ2v) is 11.4. The molecule has 4 rings (SSSR count). The van der Waals surface area contributed by atoms with Gasteiger partial charge in [-0.05, 0) is 61.2 Å². The number of rotatable bonds is 6. The maximum absolute atomic E-state index is 15.5. The lowest BCUT2D eigenvalue weighted by Crippen LogP contribution is -2.63. The van der Waals surface area contributed by atoms with Crippen molar-refractivity contribution >= 4 is 17.5 Å². The van der Waals surface area contributed by atoms with Gasteiger partial charge >= 0.3 is 5.97 Å². The van der Waals surface area contributed by atoms with E-state index in [1.165, 1.54) is 12.2 Å². The zero-order chi connectivity index (χ0) is 25.1. The summed E-state index contributed by atoms with van der Waals surface area (Å²) in [6.45, 7) is 6.96. The Morgan fingerprint density at radius 1 is 1.26 bits per heavy atom. The van der Waals surface area contributed by atoms with E-state index in [-0.39, 0.29) is 42.8 Å². The van der Waals surface area contributed by atoms with Crippen LogP contribution in [0.1, 0.15) is 66.2 Å². The molecule has 7 heteroatoms. The Morgan fingerprint density at radius 2 is 1.97 bits per heavy atom. The highest BCUT2D eigenvalue weighted by Crippen LogP contribution is 2.68. The van der Waals surface area contributed by atoms with E-state index in [0.29, 0.717) is 18.4 Å². The molecular formula is C27H37FO6. The van der Waals surface area contributed by atoms with Crippen LogP contribution in [-0.4, -0.2) is 52.2 Å².